The van der Waals surface area contributed by atoms with E-state index in [1.807, 2.05) is 29.2 Å². The second kappa shape index (κ2) is 6.16. The normalized spacial score (nSPS) is 19.1. The molecule has 0 saturated heterocycles. The van der Waals surface area contributed by atoms with Gasteiger partial charge in [-0.15, -0.1) is 0 Å². The van der Waals surface area contributed by atoms with Crippen LogP contribution in [0.5, 0.6) is 0 Å². The third kappa shape index (κ3) is 3.17. The van der Waals surface area contributed by atoms with Gasteiger partial charge in [-0.2, -0.15) is 0 Å². The van der Waals surface area contributed by atoms with Crippen molar-refractivity contribution in [3.63, 3.8) is 0 Å². The Hall–Kier alpha value is -2.04. The average molecular weight is 286 g/mol. The van der Waals surface area contributed by atoms with Crippen molar-refractivity contribution in [2.24, 2.45) is 10.7 Å². The Balaban J connectivity index is 1.54. The van der Waals surface area contributed by atoms with Gasteiger partial charge in [-0.1, -0.05) is 31.0 Å². The Labute approximate surface area is 125 Å². The molecule has 5 heteroatoms. The smallest absolute Gasteiger partial charge is 0.231 e. The second-order valence-electron chi connectivity index (χ2n) is 5.74. The molecule has 0 unspecified atom stereocenters. The van der Waals surface area contributed by atoms with Crippen LogP contribution < -0.4 is 16.0 Å². The Morgan fingerprint density at radius 2 is 2.10 bits per heavy atom. The Morgan fingerprint density at radius 3 is 2.90 bits per heavy atom. The highest BCUT2D eigenvalue weighted by Crippen LogP contribution is 2.27. The number of benzene rings is 1. The molecular formula is C16H22N4O. The van der Waals surface area contributed by atoms with Gasteiger partial charge in [0.05, 0.1) is 13.0 Å². The monoisotopic (exact) mass is 286 g/mol. The van der Waals surface area contributed by atoms with Crippen LogP contribution in [0.15, 0.2) is 29.3 Å². The van der Waals surface area contributed by atoms with E-state index in [0.29, 0.717) is 31.5 Å². The SMILES string of the molecule is NC(=NCCN1C(=O)Cc2ccccc21)NC1CCCC1. The lowest BCUT2D eigenvalue weighted by Gasteiger charge is -2.17. The van der Waals surface area contributed by atoms with Crippen LogP contribution in [0, 0.1) is 0 Å². The van der Waals surface area contributed by atoms with Gasteiger partial charge in [-0.25, -0.2) is 0 Å². The van der Waals surface area contributed by atoms with Gasteiger partial charge in [-0.3, -0.25) is 9.79 Å². The first-order valence-corrected chi connectivity index (χ1v) is 7.69. The number of fused-ring (bicyclic) bond motifs is 1. The third-order valence-electron chi connectivity index (χ3n) is 4.24. The van der Waals surface area contributed by atoms with Crippen LogP contribution in [0.3, 0.4) is 0 Å². The van der Waals surface area contributed by atoms with Crippen molar-refractivity contribution in [3.8, 4) is 0 Å². The minimum atomic E-state index is 0.147. The quantitative estimate of drug-likeness (QED) is 0.649. The van der Waals surface area contributed by atoms with Crippen LogP contribution in [0.4, 0.5) is 5.69 Å². The van der Waals surface area contributed by atoms with Gasteiger partial charge < -0.3 is 16.0 Å². The Kier molecular flexibility index (Phi) is 4.08. The molecule has 1 aliphatic carbocycles. The summed E-state index contributed by atoms with van der Waals surface area (Å²) in [7, 11) is 0. The number of nitrogens with two attached hydrogens (primary N) is 1. The minimum Gasteiger partial charge on any atom is -0.370 e. The van der Waals surface area contributed by atoms with Gasteiger partial charge in [0, 0.05) is 18.3 Å². The number of amides is 1. The maximum absolute atomic E-state index is 12.0. The number of hydrogen-bond acceptors (Lipinski definition) is 2. The van der Waals surface area contributed by atoms with Crippen LogP contribution in [0.25, 0.3) is 0 Å². The molecule has 0 bridgehead atoms. The largest absolute Gasteiger partial charge is 0.370 e. The van der Waals surface area contributed by atoms with Gasteiger partial charge >= 0.3 is 0 Å². The highest BCUT2D eigenvalue weighted by Gasteiger charge is 2.26. The fourth-order valence-corrected chi connectivity index (χ4v) is 3.16. The van der Waals surface area contributed by atoms with E-state index in [1.54, 1.807) is 0 Å². The summed E-state index contributed by atoms with van der Waals surface area (Å²) in [6, 6.07) is 8.40. The van der Waals surface area contributed by atoms with Crippen molar-refractivity contribution >= 4 is 17.6 Å². The van der Waals surface area contributed by atoms with Crippen molar-refractivity contribution in [2.75, 3.05) is 18.0 Å². The number of rotatable bonds is 4. The first-order valence-electron chi connectivity index (χ1n) is 7.69. The molecule has 21 heavy (non-hydrogen) atoms. The number of anilines is 1. The number of para-hydroxylation sites is 1. The highest BCUT2D eigenvalue weighted by molar-refractivity contribution is 6.01. The van der Waals surface area contributed by atoms with Crippen LogP contribution in [-0.4, -0.2) is 31.0 Å². The molecule has 1 fully saturated rings. The van der Waals surface area contributed by atoms with E-state index in [4.69, 9.17) is 5.73 Å². The van der Waals surface area contributed by atoms with Gasteiger partial charge in [0.15, 0.2) is 5.96 Å². The summed E-state index contributed by atoms with van der Waals surface area (Å²) in [5.41, 5.74) is 8.02. The predicted octanol–water partition coefficient (Wildman–Crippen LogP) is 1.42. The molecule has 1 aliphatic heterocycles. The number of carbonyl (C=O) groups excluding carboxylic acids is 1. The fraction of sp³-hybridized carbons (Fsp3) is 0.500. The average Bonchev–Trinajstić information content (AvgIpc) is 3.07. The number of aliphatic imine (C=N–C) groups is 1. The van der Waals surface area contributed by atoms with Crippen LogP contribution in [-0.2, 0) is 11.2 Å². The van der Waals surface area contributed by atoms with Crippen LogP contribution >= 0.6 is 0 Å². The summed E-state index contributed by atoms with van der Waals surface area (Å²) in [4.78, 5) is 18.2. The molecule has 1 heterocycles. The number of nitrogens with one attached hydrogen (secondary N) is 1. The van der Waals surface area contributed by atoms with E-state index >= 15 is 0 Å². The van der Waals surface area contributed by atoms with E-state index in [-0.39, 0.29) is 5.91 Å². The summed E-state index contributed by atoms with van der Waals surface area (Å²) in [5, 5.41) is 3.26. The summed E-state index contributed by atoms with van der Waals surface area (Å²) in [6.07, 6.45) is 5.38. The zero-order chi connectivity index (χ0) is 14.7. The highest BCUT2D eigenvalue weighted by atomic mass is 16.2. The van der Waals surface area contributed by atoms with Gasteiger partial charge in [0.2, 0.25) is 5.91 Å². The molecule has 3 rings (SSSR count). The van der Waals surface area contributed by atoms with E-state index in [9.17, 15) is 4.79 Å². The fourth-order valence-electron chi connectivity index (χ4n) is 3.16. The number of hydrogen-bond donors (Lipinski definition) is 2. The molecule has 1 aromatic carbocycles. The third-order valence-corrected chi connectivity index (χ3v) is 4.24. The van der Waals surface area contributed by atoms with Crippen molar-refractivity contribution in [3.05, 3.63) is 29.8 Å². The molecule has 1 amide bonds. The summed E-state index contributed by atoms with van der Waals surface area (Å²) < 4.78 is 0. The second-order valence-corrected chi connectivity index (χ2v) is 5.74. The van der Waals surface area contributed by atoms with Crippen molar-refractivity contribution in [1.29, 1.82) is 0 Å². The lowest BCUT2D eigenvalue weighted by molar-refractivity contribution is -0.117. The number of guanidine groups is 1. The summed E-state index contributed by atoms with van der Waals surface area (Å²) in [6.45, 7) is 1.12. The summed E-state index contributed by atoms with van der Waals surface area (Å²) >= 11 is 0. The summed E-state index contributed by atoms with van der Waals surface area (Å²) in [5.74, 6) is 0.649. The molecule has 1 aromatic rings. The molecule has 5 nitrogen and oxygen atoms in total. The Bertz CT molecular complexity index is 549. The van der Waals surface area contributed by atoms with Gasteiger partial charge in [-0.05, 0) is 24.5 Å². The van der Waals surface area contributed by atoms with Gasteiger partial charge in [0.1, 0.15) is 0 Å². The first-order chi connectivity index (χ1) is 10.2. The van der Waals surface area contributed by atoms with E-state index in [2.05, 4.69) is 10.3 Å². The van der Waals surface area contributed by atoms with E-state index in [1.165, 1.54) is 25.7 Å². The van der Waals surface area contributed by atoms with Gasteiger partial charge in [0.25, 0.3) is 0 Å². The van der Waals surface area contributed by atoms with Crippen LogP contribution in [0.1, 0.15) is 31.2 Å². The predicted molar refractivity (Wildman–Crippen MR) is 84.4 cm³/mol. The van der Waals surface area contributed by atoms with Crippen molar-refractivity contribution in [2.45, 2.75) is 38.1 Å². The Morgan fingerprint density at radius 1 is 1.33 bits per heavy atom. The first kappa shape index (κ1) is 13.9. The van der Waals surface area contributed by atoms with Crippen molar-refractivity contribution < 1.29 is 4.79 Å². The zero-order valence-corrected chi connectivity index (χ0v) is 12.2. The van der Waals surface area contributed by atoms with Crippen molar-refractivity contribution in [1.82, 2.24) is 5.32 Å². The molecule has 0 atom stereocenters. The zero-order valence-electron chi connectivity index (χ0n) is 12.2. The molecule has 3 N–H and O–H groups in total. The topological polar surface area (TPSA) is 70.7 Å². The molecular weight excluding hydrogens is 264 g/mol. The number of carbonyl (C=O) groups is 1. The molecule has 112 valence electrons. The molecule has 0 radical (unpaired) electrons. The standard InChI is InChI=1S/C16H22N4O/c17-16(19-13-6-2-3-7-13)18-9-10-20-14-8-4-1-5-12(14)11-15(20)21/h1,4-5,8,13H,2-3,6-7,9-11H2,(H3,17,18,19). The molecule has 0 aromatic heterocycles. The van der Waals surface area contributed by atoms with E-state index in [0.717, 1.165) is 11.3 Å². The number of nitrogens with zero attached hydrogens (tertiary/aromatic N) is 2. The lowest BCUT2D eigenvalue weighted by Crippen LogP contribution is -2.39. The maximum atomic E-state index is 12.0. The molecule has 1 saturated carbocycles. The maximum Gasteiger partial charge on any atom is 0.231 e. The lowest BCUT2D eigenvalue weighted by atomic mass is 10.2. The van der Waals surface area contributed by atoms with Crippen LogP contribution in [0.2, 0.25) is 0 Å². The minimum absolute atomic E-state index is 0.147. The molecule has 2 aliphatic rings. The molecule has 0 spiro atoms. The van der Waals surface area contributed by atoms with E-state index < -0.39 is 0 Å².